The first-order valence-corrected chi connectivity index (χ1v) is 8.72. The van der Waals surface area contributed by atoms with Crippen LogP contribution in [0.4, 0.5) is 0 Å². The zero-order valence-corrected chi connectivity index (χ0v) is 15.4. The lowest BCUT2D eigenvalue weighted by atomic mass is 10.1. The first-order valence-electron chi connectivity index (χ1n) is 7.11. The highest BCUT2D eigenvalue weighted by Crippen LogP contribution is 2.31. The fraction of sp³-hybridized carbons (Fsp3) is 0.333. The van der Waals surface area contributed by atoms with Gasteiger partial charge in [0.1, 0.15) is 0 Å². The van der Waals surface area contributed by atoms with Crippen LogP contribution in [-0.2, 0) is 6.54 Å². The Morgan fingerprint density at radius 1 is 1.05 bits per heavy atom. The molecule has 112 valence electrons. The lowest BCUT2D eigenvalue weighted by Crippen LogP contribution is -2.35. The number of halogens is 1. The van der Waals surface area contributed by atoms with E-state index in [1.54, 1.807) is 11.8 Å². The van der Waals surface area contributed by atoms with Gasteiger partial charge in [-0.3, -0.25) is 0 Å². The molecule has 3 heteroatoms. The van der Waals surface area contributed by atoms with E-state index in [0.29, 0.717) is 0 Å². The molecule has 0 saturated heterocycles. The van der Waals surface area contributed by atoms with Gasteiger partial charge in [-0.1, -0.05) is 51.5 Å². The van der Waals surface area contributed by atoms with Crippen LogP contribution in [0.2, 0.25) is 0 Å². The van der Waals surface area contributed by atoms with Crippen molar-refractivity contribution in [2.24, 2.45) is 0 Å². The Morgan fingerprint density at radius 3 is 2.38 bits per heavy atom. The number of aryl methyl sites for hydroxylation is 1. The van der Waals surface area contributed by atoms with E-state index < -0.39 is 0 Å². The van der Waals surface area contributed by atoms with Crippen molar-refractivity contribution >= 4 is 27.7 Å². The SMILES string of the molecule is Cc1cccc(Sc2ccc(CNC(C)(C)C)c(Br)c2)c1. The highest BCUT2D eigenvalue weighted by Gasteiger charge is 2.10. The molecule has 2 aromatic rings. The van der Waals surface area contributed by atoms with Gasteiger partial charge in [-0.2, -0.15) is 0 Å². The van der Waals surface area contributed by atoms with E-state index in [9.17, 15) is 0 Å². The van der Waals surface area contributed by atoms with Crippen LogP contribution in [0.1, 0.15) is 31.9 Å². The molecule has 0 aromatic heterocycles. The Morgan fingerprint density at radius 2 is 1.76 bits per heavy atom. The van der Waals surface area contributed by atoms with Crippen LogP contribution in [0, 0.1) is 6.92 Å². The molecule has 0 aliphatic carbocycles. The fourth-order valence-corrected chi connectivity index (χ4v) is 3.56. The minimum atomic E-state index is 0.133. The van der Waals surface area contributed by atoms with E-state index >= 15 is 0 Å². The summed E-state index contributed by atoms with van der Waals surface area (Å²) in [6, 6.07) is 15.2. The Labute approximate surface area is 140 Å². The van der Waals surface area contributed by atoms with Gasteiger partial charge in [0.2, 0.25) is 0 Å². The molecular formula is C18H22BrNS. The second-order valence-electron chi connectivity index (χ2n) is 6.28. The summed E-state index contributed by atoms with van der Waals surface area (Å²) in [5.41, 5.74) is 2.72. The molecule has 0 spiro atoms. The first-order chi connectivity index (χ1) is 9.83. The monoisotopic (exact) mass is 363 g/mol. The standard InChI is InChI=1S/C18H22BrNS/c1-13-6-5-7-15(10-13)21-16-9-8-14(17(19)11-16)12-20-18(2,3)4/h5-11,20H,12H2,1-4H3. The number of hydrogen-bond acceptors (Lipinski definition) is 2. The molecule has 2 aromatic carbocycles. The van der Waals surface area contributed by atoms with Crippen molar-refractivity contribution in [3.05, 3.63) is 58.1 Å². The van der Waals surface area contributed by atoms with Gasteiger partial charge in [-0.15, -0.1) is 0 Å². The maximum absolute atomic E-state index is 3.69. The van der Waals surface area contributed by atoms with Gasteiger partial charge in [0.15, 0.2) is 0 Å². The maximum atomic E-state index is 3.69. The Hall–Kier alpha value is -0.770. The van der Waals surface area contributed by atoms with E-state index in [-0.39, 0.29) is 5.54 Å². The molecule has 0 bridgehead atoms. The van der Waals surface area contributed by atoms with Gasteiger partial charge in [0.05, 0.1) is 0 Å². The van der Waals surface area contributed by atoms with Crippen molar-refractivity contribution in [2.75, 3.05) is 0 Å². The molecule has 0 saturated carbocycles. The summed E-state index contributed by atoms with van der Waals surface area (Å²) in [5, 5.41) is 3.52. The molecule has 0 unspecified atom stereocenters. The first kappa shape index (κ1) is 16.6. The minimum absolute atomic E-state index is 0.133. The summed E-state index contributed by atoms with van der Waals surface area (Å²) in [6.45, 7) is 9.55. The van der Waals surface area contributed by atoms with Crippen LogP contribution < -0.4 is 5.32 Å². The van der Waals surface area contributed by atoms with Crippen LogP contribution >= 0.6 is 27.7 Å². The van der Waals surface area contributed by atoms with Gasteiger partial charge >= 0.3 is 0 Å². The summed E-state index contributed by atoms with van der Waals surface area (Å²) < 4.78 is 1.16. The third-order valence-corrected chi connectivity index (χ3v) is 4.78. The number of hydrogen-bond donors (Lipinski definition) is 1. The van der Waals surface area contributed by atoms with E-state index in [1.807, 2.05) is 0 Å². The van der Waals surface area contributed by atoms with Gasteiger partial charge in [-0.25, -0.2) is 0 Å². The summed E-state index contributed by atoms with van der Waals surface area (Å²) in [5.74, 6) is 0. The quantitative estimate of drug-likeness (QED) is 0.736. The summed E-state index contributed by atoms with van der Waals surface area (Å²) >= 11 is 5.49. The Balaban J connectivity index is 2.08. The van der Waals surface area contributed by atoms with Crippen LogP contribution in [0.5, 0.6) is 0 Å². The molecule has 0 radical (unpaired) electrons. The Bertz CT molecular complexity index is 617. The number of rotatable bonds is 4. The van der Waals surface area contributed by atoms with E-state index in [2.05, 4.69) is 91.4 Å². The van der Waals surface area contributed by atoms with Gasteiger partial charge in [0.25, 0.3) is 0 Å². The zero-order chi connectivity index (χ0) is 15.5. The molecule has 2 rings (SSSR count). The zero-order valence-electron chi connectivity index (χ0n) is 13.0. The topological polar surface area (TPSA) is 12.0 Å². The van der Waals surface area contributed by atoms with Crippen molar-refractivity contribution in [3.63, 3.8) is 0 Å². The van der Waals surface area contributed by atoms with Gasteiger partial charge in [-0.05, 0) is 57.5 Å². The summed E-state index contributed by atoms with van der Waals surface area (Å²) in [6.07, 6.45) is 0. The van der Waals surface area contributed by atoms with Crippen LogP contribution in [0.15, 0.2) is 56.7 Å². The molecule has 1 nitrogen and oxygen atoms in total. The van der Waals surface area contributed by atoms with E-state index in [1.165, 1.54) is 20.9 Å². The summed E-state index contributed by atoms with van der Waals surface area (Å²) in [4.78, 5) is 2.54. The molecule has 0 amide bonds. The van der Waals surface area contributed by atoms with Crippen molar-refractivity contribution in [3.8, 4) is 0 Å². The highest BCUT2D eigenvalue weighted by molar-refractivity contribution is 9.10. The van der Waals surface area contributed by atoms with Crippen molar-refractivity contribution in [1.29, 1.82) is 0 Å². The van der Waals surface area contributed by atoms with Crippen molar-refractivity contribution in [1.82, 2.24) is 5.32 Å². The highest BCUT2D eigenvalue weighted by atomic mass is 79.9. The van der Waals surface area contributed by atoms with Gasteiger partial charge in [0, 0.05) is 26.3 Å². The molecular weight excluding hydrogens is 342 g/mol. The normalized spacial score (nSPS) is 11.7. The number of benzene rings is 2. The lowest BCUT2D eigenvalue weighted by Gasteiger charge is -2.21. The molecule has 0 aliphatic heterocycles. The fourth-order valence-electron chi connectivity index (χ4n) is 1.91. The molecule has 0 heterocycles. The number of nitrogens with one attached hydrogen (secondary N) is 1. The molecule has 0 fully saturated rings. The van der Waals surface area contributed by atoms with Gasteiger partial charge < -0.3 is 5.32 Å². The van der Waals surface area contributed by atoms with Crippen molar-refractivity contribution in [2.45, 2.75) is 49.6 Å². The third-order valence-electron chi connectivity index (χ3n) is 3.06. The predicted octanol–water partition coefficient (Wildman–Crippen LogP) is 5.80. The molecule has 1 N–H and O–H groups in total. The van der Waals surface area contributed by atoms with E-state index in [0.717, 1.165) is 11.0 Å². The Kier molecular flexibility index (Phi) is 5.53. The average molecular weight is 364 g/mol. The maximum Gasteiger partial charge on any atom is 0.0231 e. The smallest absolute Gasteiger partial charge is 0.0231 e. The second kappa shape index (κ2) is 6.99. The largest absolute Gasteiger partial charge is 0.308 e. The van der Waals surface area contributed by atoms with Crippen molar-refractivity contribution < 1.29 is 0 Å². The van der Waals surface area contributed by atoms with Crippen LogP contribution in [0.3, 0.4) is 0 Å². The van der Waals surface area contributed by atoms with E-state index in [4.69, 9.17) is 0 Å². The average Bonchev–Trinajstić information content (AvgIpc) is 2.36. The minimum Gasteiger partial charge on any atom is -0.308 e. The van der Waals surface area contributed by atoms with Crippen LogP contribution in [0.25, 0.3) is 0 Å². The molecule has 0 aliphatic rings. The third kappa shape index (κ3) is 5.50. The lowest BCUT2D eigenvalue weighted by molar-refractivity contribution is 0.424. The molecule has 21 heavy (non-hydrogen) atoms. The second-order valence-corrected chi connectivity index (χ2v) is 8.28. The predicted molar refractivity (Wildman–Crippen MR) is 96.0 cm³/mol. The molecule has 0 atom stereocenters. The summed E-state index contributed by atoms with van der Waals surface area (Å²) in [7, 11) is 0. The van der Waals surface area contributed by atoms with Crippen LogP contribution in [-0.4, -0.2) is 5.54 Å².